The molecule has 0 spiro atoms. The maximum Gasteiger partial charge on any atom is 0.290 e. The van der Waals surface area contributed by atoms with Gasteiger partial charge in [0.15, 0.2) is 5.76 Å². The van der Waals surface area contributed by atoms with Crippen LogP contribution in [0.2, 0.25) is 0 Å². The van der Waals surface area contributed by atoms with E-state index in [9.17, 15) is 15.0 Å². The SMILES string of the molecule is CCC[C@@]1(CO)CN(C(=O)c2ccc(Oc3ccccc3)o2)CC[C@@H]1O. The van der Waals surface area contributed by atoms with Gasteiger partial charge < -0.3 is 24.3 Å². The van der Waals surface area contributed by atoms with Crippen molar-refractivity contribution in [2.24, 2.45) is 5.41 Å². The Morgan fingerprint density at radius 1 is 1.31 bits per heavy atom. The summed E-state index contributed by atoms with van der Waals surface area (Å²) in [7, 11) is 0. The Morgan fingerprint density at radius 2 is 2.08 bits per heavy atom. The molecule has 0 aliphatic carbocycles. The van der Waals surface area contributed by atoms with E-state index in [1.807, 2.05) is 25.1 Å². The van der Waals surface area contributed by atoms with E-state index in [2.05, 4.69) is 0 Å². The fraction of sp³-hybridized carbons (Fsp3) is 0.450. The van der Waals surface area contributed by atoms with Gasteiger partial charge in [-0.25, -0.2) is 0 Å². The predicted octanol–water partition coefficient (Wildman–Crippen LogP) is 3.06. The number of amides is 1. The summed E-state index contributed by atoms with van der Waals surface area (Å²) in [5.74, 6) is 0.812. The molecule has 1 aromatic carbocycles. The van der Waals surface area contributed by atoms with Crippen LogP contribution < -0.4 is 4.74 Å². The normalized spacial score (nSPS) is 23.0. The van der Waals surface area contributed by atoms with Crippen LogP contribution in [0, 0.1) is 5.41 Å². The lowest BCUT2D eigenvalue weighted by atomic mass is 9.74. The highest BCUT2D eigenvalue weighted by Crippen LogP contribution is 2.35. The molecule has 1 aliphatic rings. The minimum absolute atomic E-state index is 0.147. The van der Waals surface area contributed by atoms with Crippen molar-refractivity contribution in [1.82, 2.24) is 4.90 Å². The van der Waals surface area contributed by atoms with Gasteiger partial charge in [0, 0.05) is 24.6 Å². The molecule has 1 aliphatic heterocycles. The second kappa shape index (κ2) is 7.93. The van der Waals surface area contributed by atoms with Crippen molar-refractivity contribution in [1.29, 1.82) is 0 Å². The molecule has 0 radical (unpaired) electrons. The quantitative estimate of drug-likeness (QED) is 0.828. The smallest absolute Gasteiger partial charge is 0.290 e. The van der Waals surface area contributed by atoms with Gasteiger partial charge in [-0.05, 0) is 31.0 Å². The number of rotatable bonds is 6. The Bertz CT molecular complexity index is 729. The third kappa shape index (κ3) is 3.76. The van der Waals surface area contributed by atoms with Gasteiger partial charge in [-0.1, -0.05) is 31.5 Å². The number of piperidine rings is 1. The lowest BCUT2D eigenvalue weighted by Gasteiger charge is -2.45. The third-order valence-electron chi connectivity index (χ3n) is 4.99. The van der Waals surface area contributed by atoms with E-state index in [0.29, 0.717) is 31.7 Å². The van der Waals surface area contributed by atoms with Crippen LogP contribution in [0.1, 0.15) is 36.7 Å². The molecule has 2 N–H and O–H groups in total. The van der Waals surface area contributed by atoms with Crippen molar-refractivity contribution >= 4 is 5.91 Å². The first-order valence-electron chi connectivity index (χ1n) is 8.99. The second-order valence-corrected chi connectivity index (χ2v) is 6.84. The number of likely N-dealkylation sites (tertiary alicyclic amines) is 1. The van der Waals surface area contributed by atoms with Crippen LogP contribution in [0.15, 0.2) is 46.9 Å². The summed E-state index contributed by atoms with van der Waals surface area (Å²) in [6.45, 7) is 2.60. The number of nitrogens with zero attached hydrogens (tertiary/aromatic N) is 1. The van der Waals surface area contributed by atoms with E-state index in [-0.39, 0.29) is 24.2 Å². The van der Waals surface area contributed by atoms with Gasteiger partial charge in [0.2, 0.25) is 0 Å². The summed E-state index contributed by atoms with van der Waals surface area (Å²) >= 11 is 0. The standard InChI is InChI=1S/C20H25NO5/c1-2-11-20(14-22)13-21(12-10-17(20)23)19(24)16-8-9-18(26-16)25-15-6-4-3-5-7-15/h3-9,17,22-23H,2,10-14H2,1H3/t17-,20-/m0/s1. The summed E-state index contributed by atoms with van der Waals surface area (Å²) in [6.07, 6.45) is 1.33. The van der Waals surface area contributed by atoms with Gasteiger partial charge in [0.05, 0.1) is 12.7 Å². The second-order valence-electron chi connectivity index (χ2n) is 6.84. The van der Waals surface area contributed by atoms with E-state index >= 15 is 0 Å². The first-order chi connectivity index (χ1) is 12.6. The summed E-state index contributed by atoms with van der Waals surface area (Å²) in [5.41, 5.74) is -0.668. The zero-order chi connectivity index (χ0) is 18.6. The molecule has 0 unspecified atom stereocenters. The molecule has 2 atom stereocenters. The number of hydrogen-bond acceptors (Lipinski definition) is 5. The van der Waals surface area contributed by atoms with Gasteiger partial charge in [-0.2, -0.15) is 0 Å². The van der Waals surface area contributed by atoms with Gasteiger partial charge in [0.1, 0.15) is 5.75 Å². The van der Waals surface area contributed by atoms with Crippen molar-refractivity contribution in [3.05, 3.63) is 48.2 Å². The fourth-order valence-electron chi connectivity index (χ4n) is 3.55. The Kier molecular flexibility index (Phi) is 5.64. The number of ether oxygens (including phenoxy) is 1. The molecule has 140 valence electrons. The number of carbonyl (C=O) groups excluding carboxylic acids is 1. The Hall–Kier alpha value is -2.31. The van der Waals surface area contributed by atoms with Gasteiger partial charge in [0.25, 0.3) is 11.9 Å². The van der Waals surface area contributed by atoms with E-state index in [4.69, 9.17) is 9.15 Å². The first kappa shape index (κ1) is 18.5. The van der Waals surface area contributed by atoms with Gasteiger partial charge >= 0.3 is 0 Å². The van der Waals surface area contributed by atoms with Gasteiger partial charge in [-0.15, -0.1) is 0 Å². The Morgan fingerprint density at radius 3 is 2.77 bits per heavy atom. The molecule has 0 saturated carbocycles. The van der Waals surface area contributed by atoms with E-state index in [1.54, 1.807) is 29.2 Å². The molecule has 1 fully saturated rings. The molecule has 26 heavy (non-hydrogen) atoms. The van der Waals surface area contributed by atoms with Crippen molar-refractivity contribution in [3.63, 3.8) is 0 Å². The van der Waals surface area contributed by atoms with Crippen molar-refractivity contribution < 1.29 is 24.2 Å². The molecule has 0 bridgehead atoms. The highest BCUT2D eigenvalue weighted by atomic mass is 16.6. The van der Waals surface area contributed by atoms with Crippen LogP contribution in [0.25, 0.3) is 0 Å². The molecule has 1 aromatic heterocycles. The number of benzene rings is 1. The number of furan rings is 1. The molecule has 2 aromatic rings. The van der Waals surface area contributed by atoms with Crippen molar-refractivity contribution in [2.75, 3.05) is 19.7 Å². The minimum atomic E-state index is -0.668. The van der Waals surface area contributed by atoms with Crippen molar-refractivity contribution in [3.8, 4) is 11.7 Å². The molecular formula is C20H25NO5. The van der Waals surface area contributed by atoms with Crippen molar-refractivity contribution in [2.45, 2.75) is 32.3 Å². The Balaban J connectivity index is 1.71. The van der Waals surface area contributed by atoms with E-state index in [1.165, 1.54) is 0 Å². The monoisotopic (exact) mass is 359 g/mol. The molecule has 2 heterocycles. The number of aliphatic hydroxyl groups is 2. The fourth-order valence-corrected chi connectivity index (χ4v) is 3.55. The van der Waals surface area contributed by atoms with E-state index < -0.39 is 11.5 Å². The summed E-state index contributed by atoms with van der Waals surface area (Å²) in [5, 5.41) is 20.2. The molecule has 1 saturated heterocycles. The van der Waals surface area contributed by atoms with Crippen LogP contribution >= 0.6 is 0 Å². The predicted molar refractivity (Wildman–Crippen MR) is 96.2 cm³/mol. The molecule has 6 nitrogen and oxygen atoms in total. The zero-order valence-electron chi connectivity index (χ0n) is 14.9. The summed E-state index contributed by atoms with van der Waals surface area (Å²) in [4.78, 5) is 14.4. The van der Waals surface area contributed by atoms with Crippen LogP contribution in [-0.4, -0.2) is 46.8 Å². The third-order valence-corrected chi connectivity index (χ3v) is 4.99. The molecular weight excluding hydrogens is 334 g/mol. The lowest BCUT2D eigenvalue weighted by molar-refractivity contribution is -0.0724. The average molecular weight is 359 g/mol. The summed E-state index contributed by atoms with van der Waals surface area (Å²) < 4.78 is 11.1. The summed E-state index contributed by atoms with van der Waals surface area (Å²) in [6, 6.07) is 12.4. The minimum Gasteiger partial charge on any atom is -0.426 e. The van der Waals surface area contributed by atoms with Crippen LogP contribution in [0.5, 0.6) is 11.7 Å². The number of hydrogen-bond donors (Lipinski definition) is 2. The number of aliphatic hydroxyl groups excluding tert-OH is 2. The highest BCUT2D eigenvalue weighted by Gasteiger charge is 2.43. The first-order valence-corrected chi connectivity index (χ1v) is 8.99. The molecule has 1 amide bonds. The maximum absolute atomic E-state index is 12.8. The van der Waals surface area contributed by atoms with E-state index in [0.717, 1.165) is 6.42 Å². The lowest BCUT2D eigenvalue weighted by Crippen LogP contribution is -2.55. The van der Waals surface area contributed by atoms with Crippen LogP contribution in [-0.2, 0) is 0 Å². The highest BCUT2D eigenvalue weighted by molar-refractivity contribution is 5.91. The topological polar surface area (TPSA) is 83.1 Å². The number of carbonyl (C=O) groups is 1. The van der Waals surface area contributed by atoms with Gasteiger partial charge in [-0.3, -0.25) is 4.79 Å². The largest absolute Gasteiger partial charge is 0.426 e. The van der Waals surface area contributed by atoms with Crippen LogP contribution in [0.4, 0.5) is 0 Å². The zero-order valence-corrected chi connectivity index (χ0v) is 14.9. The molecule has 3 rings (SSSR count). The molecule has 6 heteroatoms. The number of para-hydroxylation sites is 1. The Labute approximate surface area is 153 Å². The van der Waals surface area contributed by atoms with Crippen LogP contribution in [0.3, 0.4) is 0 Å². The maximum atomic E-state index is 12.8. The average Bonchev–Trinajstić information content (AvgIpc) is 3.12.